The van der Waals surface area contributed by atoms with Crippen molar-refractivity contribution < 1.29 is 8.81 Å². The van der Waals surface area contributed by atoms with Crippen molar-refractivity contribution in [3.8, 4) is 0 Å². The molecular formula is C15H17ClFNO. The highest BCUT2D eigenvalue weighted by molar-refractivity contribution is 6.31. The van der Waals surface area contributed by atoms with Crippen LogP contribution in [0.3, 0.4) is 0 Å². The molecule has 1 heterocycles. The molecule has 2 aromatic rings. The number of nitrogens with one attached hydrogen (secondary N) is 1. The Balaban J connectivity index is 2.39. The Morgan fingerprint density at radius 3 is 2.74 bits per heavy atom. The Kier molecular flexibility index (Phi) is 4.61. The molecule has 1 unspecified atom stereocenters. The molecule has 0 saturated carbocycles. The Hall–Kier alpha value is -1.32. The van der Waals surface area contributed by atoms with Gasteiger partial charge in [0.1, 0.15) is 17.3 Å². The number of aryl methyl sites for hydroxylation is 1. The van der Waals surface area contributed by atoms with Crippen LogP contribution in [-0.4, -0.2) is 6.54 Å². The molecule has 4 heteroatoms. The van der Waals surface area contributed by atoms with E-state index < -0.39 is 0 Å². The summed E-state index contributed by atoms with van der Waals surface area (Å²) in [4.78, 5) is 0. The standard InChI is InChI=1S/C15H17ClFNO/c1-3-8-18-15(14-7-4-10(2)19-14)12-9-11(17)5-6-13(12)16/h4-7,9,15,18H,3,8H2,1-2H3. The lowest BCUT2D eigenvalue weighted by molar-refractivity contribution is 0.429. The predicted octanol–water partition coefficient (Wildman–Crippen LogP) is 4.47. The third-order valence-electron chi connectivity index (χ3n) is 2.91. The fourth-order valence-electron chi connectivity index (χ4n) is 2.00. The van der Waals surface area contributed by atoms with Gasteiger partial charge in [0.25, 0.3) is 0 Å². The van der Waals surface area contributed by atoms with Gasteiger partial charge in [-0.2, -0.15) is 0 Å². The van der Waals surface area contributed by atoms with Crippen LogP contribution in [0.15, 0.2) is 34.7 Å². The third kappa shape index (κ3) is 3.37. The van der Waals surface area contributed by atoms with Gasteiger partial charge in [0.2, 0.25) is 0 Å². The molecule has 2 nitrogen and oxygen atoms in total. The molecule has 0 aliphatic carbocycles. The molecule has 1 atom stereocenters. The molecule has 0 amide bonds. The van der Waals surface area contributed by atoms with E-state index in [0.717, 1.165) is 24.5 Å². The molecule has 102 valence electrons. The van der Waals surface area contributed by atoms with Crippen molar-refractivity contribution in [3.63, 3.8) is 0 Å². The van der Waals surface area contributed by atoms with Crippen molar-refractivity contribution >= 4 is 11.6 Å². The summed E-state index contributed by atoms with van der Waals surface area (Å²) >= 11 is 6.18. The van der Waals surface area contributed by atoms with Crippen molar-refractivity contribution in [1.82, 2.24) is 5.32 Å². The van der Waals surface area contributed by atoms with Gasteiger partial charge in [-0.3, -0.25) is 0 Å². The van der Waals surface area contributed by atoms with E-state index in [4.69, 9.17) is 16.0 Å². The Labute approximate surface area is 117 Å². The summed E-state index contributed by atoms with van der Waals surface area (Å²) in [6.45, 7) is 4.76. The Bertz CT molecular complexity index is 553. The summed E-state index contributed by atoms with van der Waals surface area (Å²) in [6.07, 6.45) is 0.975. The lowest BCUT2D eigenvalue weighted by Gasteiger charge is -2.18. The molecule has 1 N–H and O–H groups in total. The molecule has 19 heavy (non-hydrogen) atoms. The summed E-state index contributed by atoms with van der Waals surface area (Å²) in [7, 11) is 0. The minimum Gasteiger partial charge on any atom is -0.464 e. The number of furan rings is 1. The van der Waals surface area contributed by atoms with Crippen molar-refractivity contribution in [2.24, 2.45) is 0 Å². The third-order valence-corrected chi connectivity index (χ3v) is 3.26. The zero-order chi connectivity index (χ0) is 13.8. The van der Waals surface area contributed by atoms with Crippen LogP contribution in [0.1, 0.15) is 36.5 Å². The number of halogens is 2. The maximum Gasteiger partial charge on any atom is 0.125 e. The number of benzene rings is 1. The van der Waals surface area contributed by atoms with E-state index in [2.05, 4.69) is 12.2 Å². The summed E-state index contributed by atoms with van der Waals surface area (Å²) in [6, 6.07) is 7.94. The lowest BCUT2D eigenvalue weighted by atomic mass is 10.0. The lowest BCUT2D eigenvalue weighted by Crippen LogP contribution is -2.23. The van der Waals surface area contributed by atoms with E-state index >= 15 is 0 Å². The minimum absolute atomic E-state index is 0.225. The fourth-order valence-corrected chi connectivity index (χ4v) is 2.22. The molecule has 0 radical (unpaired) electrons. The molecule has 0 fully saturated rings. The van der Waals surface area contributed by atoms with Crippen LogP contribution in [-0.2, 0) is 0 Å². The molecule has 0 bridgehead atoms. The Morgan fingerprint density at radius 2 is 2.11 bits per heavy atom. The molecule has 1 aromatic heterocycles. The zero-order valence-electron chi connectivity index (χ0n) is 11.0. The van der Waals surface area contributed by atoms with Gasteiger partial charge in [-0.1, -0.05) is 18.5 Å². The van der Waals surface area contributed by atoms with Crippen LogP contribution in [0.2, 0.25) is 5.02 Å². The second-order valence-electron chi connectivity index (χ2n) is 4.50. The van der Waals surface area contributed by atoms with Crippen molar-refractivity contribution in [1.29, 1.82) is 0 Å². The van der Waals surface area contributed by atoms with E-state index in [9.17, 15) is 4.39 Å². The van der Waals surface area contributed by atoms with Gasteiger partial charge in [-0.25, -0.2) is 4.39 Å². The smallest absolute Gasteiger partial charge is 0.125 e. The topological polar surface area (TPSA) is 25.2 Å². The SMILES string of the molecule is CCCNC(c1ccc(C)o1)c1cc(F)ccc1Cl. The highest BCUT2D eigenvalue weighted by Crippen LogP contribution is 2.30. The molecule has 0 aliphatic heterocycles. The van der Waals surface area contributed by atoms with Crippen molar-refractivity contribution in [2.75, 3.05) is 6.54 Å². The van der Waals surface area contributed by atoms with Gasteiger partial charge in [-0.05, 0) is 55.8 Å². The fraction of sp³-hybridized carbons (Fsp3) is 0.333. The van der Waals surface area contributed by atoms with E-state index in [1.54, 1.807) is 6.07 Å². The van der Waals surface area contributed by atoms with E-state index in [0.29, 0.717) is 10.6 Å². The van der Waals surface area contributed by atoms with E-state index in [1.165, 1.54) is 12.1 Å². The first-order valence-electron chi connectivity index (χ1n) is 6.36. The minimum atomic E-state index is -0.300. The summed E-state index contributed by atoms with van der Waals surface area (Å²) in [5.74, 6) is 1.27. The average Bonchev–Trinajstić information content (AvgIpc) is 2.80. The monoisotopic (exact) mass is 281 g/mol. The van der Waals surface area contributed by atoms with Crippen LogP contribution in [0.25, 0.3) is 0 Å². The van der Waals surface area contributed by atoms with Gasteiger partial charge >= 0.3 is 0 Å². The first-order valence-corrected chi connectivity index (χ1v) is 6.74. The molecule has 2 rings (SSSR count). The zero-order valence-corrected chi connectivity index (χ0v) is 11.8. The predicted molar refractivity (Wildman–Crippen MR) is 75.0 cm³/mol. The van der Waals surface area contributed by atoms with Gasteiger partial charge in [-0.15, -0.1) is 0 Å². The average molecular weight is 282 g/mol. The quantitative estimate of drug-likeness (QED) is 0.875. The summed E-state index contributed by atoms with van der Waals surface area (Å²) in [5.41, 5.74) is 0.699. The van der Waals surface area contributed by atoms with Crippen molar-refractivity contribution in [3.05, 3.63) is 58.3 Å². The van der Waals surface area contributed by atoms with Gasteiger partial charge in [0.15, 0.2) is 0 Å². The van der Waals surface area contributed by atoms with Crippen LogP contribution in [0.5, 0.6) is 0 Å². The first kappa shape index (κ1) is 14.1. The van der Waals surface area contributed by atoms with Gasteiger partial charge in [0.05, 0.1) is 6.04 Å². The van der Waals surface area contributed by atoms with E-state index in [1.807, 2.05) is 19.1 Å². The van der Waals surface area contributed by atoms with Crippen LogP contribution in [0, 0.1) is 12.7 Å². The largest absolute Gasteiger partial charge is 0.464 e. The number of hydrogen-bond donors (Lipinski definition) is 1. The highest BCUT2D eigenvalue weighted by Gasteiger charge is 2.20. The second kappa shape index (κ2) is 6.22. The second-order valence-corrected chi connectivity index (χ2v) is 4.91. The number of rotatable bonds is 5. The molecule has 0 saturated heterocycles. The normalized spacial score (nSPS) is 12.6. The molecular weight excluding hydrogens is 265 g/mol. The maximum atomic E-state index is 13.4. The number of hydrogen-bond acceptors (Lipinski definition) is 2. The van der Waals surface area contributed by atoms with Gasteiger partial charge < -0.3 is 9.73 Å². The first-order chi connectivity index (χ1) is 9.11. The molecule has 1 aromatic carbocycles. The van der Waals surface area contributed by atoms with Crippen molar-refractivity contribution in [2.45, 2.75) is 26.3 Å². The molecule has 0 aliphatic rings. The van der Waals surface area contributed by atoms with Crippen LogP contribution in [0.4, 0.5) is 4.39 Å². The van der Waals surface area contributed by atoms with Gasteiger partial charge in [0, 0.05) is 5.02 Å². The Morgan fingerprint density at radius 1 is 1.32 bits per heavy atom. The van der Waals surface area contributed by atoms with Crippen LogP contribution < -0.4 is 5.32 Å². The summed E-state index contributed by atoms with van der Waals surface area (Å²) in [5, 5.41) is 3.87. The maximum absolute atomic E-state index is 13.4. The van der Waals surface area contributed by atoms with E-state index in [-0.39, 0.29) is 11.9 Å². The molecule has 0 spiro atoms. The van der Waals surface area contributed by atoms with Crippen LogP contribution >= 0.6 is 11.6 Å². The summed E-state index contributed by atoms with van der Waals surface area (Å²) < 4.78 is 19.1. The highest BCUT2D eigenvalue weighted by atomic mass is 35.5.